The summed E-state index contributed by atoms with van der Waals surface area (Å²) in [7, 11) is 1.90. The Morgan fingerprint density at radius 2 is 1.76 bits per heavy atom. The Labute approximate surface area is 157 Å². The summed E-state index contributed by atoms with van der Waals surface area (Å²) in [5.41, 5.74) is 5.55. The van der Waals surface area contributed by atoms with Crippen molar-refractivity contribution in [2.75, 3.05) is 7.05 Å². The third-order valence-corrected chi connectivity index (χ3v) is 5.46. The summed E-state index contributed by atoms with van der Waals surface area (Å²) in [6, 6.07) is 17.9. The van der Waals surface area contributed by atoms with E-state index in [0.29, 0.717) is 5.25 Å². The zero-order valence-electron chi connectivity index (χ0n) is 15.4. The van der Waals surface area contributed by atoms with Gasteiger partial charge in [-0.05, 0) is 49.3 Å². The Balaban J connectivity index is 1.82. The average Bonchev–Trinajstić information content (AvgIpc) is 2.62. The summed E-state index contributed by atoms with van der Waals surface area (Å²) in [6.45, 7) is 10.1. The van der Waals surface area contributed by atoms with Gasteiger partial charge in [0.1, 0.15) is 0 Å². The first-order valence-corrected chi connectivity index (χ1v) is 9.78. The monoisotopic (exact) mass is 351 g/mol. The van der Waals surface area contributed by atoms with E-state index in [1.807, 2.05) is 13.1 Å². The van der Waals surface area contributed by atoms with Crippen LogP contribution in [0.5, 0.6) is 0 Å². The second kappa shape index (κ2) is 10.1. The van der Waals surface area contributed by atoms with E-state index in [0.717, 1.165) is 24.3 Å². The Kier molecular flexibility index (Phi) is 7.87. The van der Waals surface area contributed by atoms with Crippen molar-refractivity contribution in [1.29, 1.82) is 0 Å². The topological polar surface area (TPSA) is 12.0 Å². The van der Waals surface area contributed by atoms with E-state index in [1.54, 1.807) is 11.8 Å². The van der Waals surface area contributed by atoms with Gasteiger partial charge < -0.3 is 5.32 Å². The lowest BCUT2D eigenvalue weighted by Crippen LogP contribution is -2.09. The van der Waals surface area contributed by atoms with Gasteiger partial charge >= 0.3 is 0 Å². The van der Waals surface area contributed by atoms with Crippen molar-refractivity contribution < 1.29 is 0 Å². The van der Waals surface area contributed by atoms with Crippen molar-refractivity contribution in [3.05, 3.63) is 95.0 Å². The number of hydrogen-bond donors (Lipinski definition) is 1. The molecule has 0 saturated heterocycles. The molecule has 2 aromatic carbocycles. The van der Waals surface area contributed by atoms with Crippen molar-refractivity contribution in [1.82, 2.24) is 5.32 Å². The normalized spacial score (nSPS) is 11.8. The molecule has 0 aliphatic carbocycles. The molecule has 0 amide bonds. The van der Waals surface area contributed by atoms with Crippen molar-refractivity contribution in [3.63, 3.8) is 0 Å². The van der Waals surface area contributed by atoms with Crippen LogP contribution in [0.25, 0.3) is 0 Å². The van der Waals surface area contributed by atoms with Gasteiger partial charge in [-0.15, -0.1) is 18.3 Å². The molecule has 0 spiro atoms. The zero-order valence-corrected chi connectivity index (χ0v) is 16.2. The molecule has 0 fully saturated rings. The Morgan fingerprint density at radius 3 is 2.40 bits per heavy atom. The summed E-state index contributed by atoms with van der Waals surface area (Å²) in [5, 5.41) is 4.42. The number of thioether (sulfide) groups is 1. The van der Waals surface area contributed by atoms with Gasteiger partial charge in [-0.3, -0.25) is 0 Å². The number of benzene rings is 2. The highest BCUT2D eigenvalue weighted by Crippen LogP contribution is 2.23. The highest BCUT2D eigenvalue weighted by Gasteiger charge is 2.08. The Bertz CT molecular complexity index is 687. The van der Waals surface area contributed by atoms with Gasteiger partial charge in [0.05, 0.1) is 5.03 Å². The molecule has 0 aliphatic rings. The van der Waals surface area contributed by atoms with E-state index in [4.69, 9.17) is 0 Å². The average molecular weight is 352 g/mol. The first kappa shape index (κ1) is 19.4. The molecular weight excluding hydrogens is 322 g/mol. The van der Waals surface area contributed by atoms with E-state index in [-0.39, 0.29) is 0 Å². The summed E-state index contributed by atoms with van der Waals surface area (Å²) in [6.07, 6.45) is 6.45. The smallest absolute Gasteiger partial charge is 0.0611 e. The maximum Gasteiger partial charge on any atom is 0.0611 e. The molecule has 1 nitrogen and oxygen atoms in total. The minimum absolute atomic E-state index is 0.354. The van der Waals surface area contributed by atoms with E-state index in [2.05, 4.69) is 73.9 Å². The minimum atomic E-state index is 0.354. The van der Waals surface area contributed by atoms with Gasteiger partial charge in [-0.1, -0.05) is 66.7 Å². The van der Waals surface area contributed by atoms with Crippen LogP contribution in [0.1, 0.15) is 28.7 Å². The lowest BCUT2D eigenvalue weighted by Gasteiger charge is -2.14. The molecule has 0 aliphatic heterocycles. The van der Waals surface area contributed by atoms with Crippen LogP contribution >= 0.6 is 11.8 Å². The fourth-order valence-corrected chi connectivity index (χ4v) is 3.71. The summed E-state index contributed by atoms with van der Waals surface area (Å²) < 4.78 is 0. The van der Waals surface area contributed by atoms with E-state index in [1.165, 1.54) is 28.7 Å². The predicted octanol–water partition coefficient (Wildman–Crippen LogP) is 5.69. The fraction of sp³-hybridized carbons (Fsp3) is 0.304. The molecule has 0 radical (unpaired) electrons. The molecule has 132 valence electrons. The SMILES string of the molecule is C=CC(Cc1ccc(CCCc2cccc(C)c2)cc1)SC(=C)NC. The van der Waals surface area contributed by atoms with Gasteiger partial charge in [-0.25, -0.2) is 0 Å². The van der Waals surface area contributed by atoms with Crippen LogP contribution in [-0.4, -0.2) is 12.3 Å². The van der Waals surface area contributed by atoms with Crippen LogP contribution in [0.2, 0.25) is 0 Å². The molecule has 2 aromatic rings. The van der Waals surface area contributed by atoms with Crippen LogP contribution in [0.4, 0.5) is 0 Å². The molecule has 0 saturated carbocycles. The van der Waals surface area contributed by atoms with Gasteiger partial charge in [0.25, 0.3) is 0 Å². The molecule has 25 heavy (non-hydrogen) atoms. The molecule has 1 N–H and O–H groups in total. The van der Waals surface area contributed by atoms with Crippen LogP contribution in [0.3, 0.4) is 0 Å². The van der Waals surface area contributed by atoms with Gasteiger partial charge in [0.2, 0.25) is 0 Å². The number of hydrogen-bond acceptors (Lipinski definition) is 2. The zero-order chi connectivity index (χ0) is 18.1. The Morgan fingerprint density at radius 1 is 1.08 bits per heavy atom. The summed E-state index contributed by atoms with van der Waals surface area (Å²) >= 11 is 1.73. The third-order valence-electron chi connectivity index (χ3n) is 4.31. The van der Waals surface area contributed by atoms with Gasteiger partial charge in [0, 0.05) is 12.3 Å². The second-order valence-electron chi connectivity index (χ2n) is 6.43. The largest absolute Gasteiger partial charge is 0.383 e. The number of rotatable bonds is 10. The van der Waals surface area contributed by atoms with Gasteiger partial charge in [0.15, 0.2) is 0 Å². The quantitative estimate of drug-likeness (QED) is 0.552. The first-order chi connectivity index (χ1) is 12.1. The molecular formula is C23H29NS. The molecule has 2 rings (SSSR count). The van der Waals surface area contributed by atoms with Crippen LogP contribution < -0.4 is 5.32 Å². The maximum absolute atomic E-state index is 3.98. The maximum atomic E-state index is 3.98. The first-order valence-electron chi connectivity index (χ1n) is 8.90. The van der Waals surface area contributed by atoms with Crippen LogP contribution in [0.15, 0.2) is 72.8 Å². The fourth-order valence-electron chi connectivity index (χ4n) is 2.85. The van der Waals surface area contributed by atoms with Crippen LogP contribution in [0, 0.1) is 6.92 Å². The molecule has 0 aromatic heterocycles. The second-order valence-corrected chi connectivity index (χ2v) is 7.76. The van der Waals surface area contributed by atoms with Crippen LogP contribution in [-0.2, 0) is 19.3 Å². The van der Waals surface area contributed by atoms with Crippen molar-refractivity contribution in [3.8, 4) is 0 Å². The van der Waals surface area contributed by atoms with E-state index in [9.17, 15) is 0 Å². The summed E-state index contributed by atoms with van der Waals surface area (Å²) in [4.78, 5) is 0. The molecule has 0 bridgehead atoms. The van der Waals surface area contributed by atoms with Crippen molar-refractivity contribution in [2.45, 2.75) is 37.9 Å². The summed E-state index contributed by atoms with van der Waals surface area (Å²) in [5.74, 6) is 0. The minimum Gasteiger partial charge on any atom is -0.383 e. The van der Waals surface area contributed by atoms with E-state index < -0.39 is 0 Å². The number of nitrogens with one attached hydrogen (secondary N) is 1. The Hall–Kier alpha value is -1.93. The molecule has 1 atom stereocenters. The highest BCUT2D eigenvalue weighted by atomic mass is 32.2. The third kappa shape index (κ3) is 6.83. The molecule has 2 heteroatoms. The lowest BCUT2D eigenvalue weighted by atomic mass is 10.0. The number of aryl methyl sites for hydroxylation is 3. The van der Waals surface area contributed by atoms with Crippen molar-refractivity contribution in [2.24, 2.45) is 0 Å². The van der Waals surface area contributed by atoms with E-state index >= 15 is 0 Å². The standard InChI is InChI=1S/C23H29NS/c1-5-23(25-19(3)24-4)17-22-14-12-20(13-15-22)9-7-11-21-10-6-8-18(2)16-21/h5-6,8,10,12-16,23-24H,1,3,7,9,11,17H2,2,4H3. The predicted molar refractivity (Wildman–Crippen MR) is 113 cm³/mol. The highest BCUT2D eigenvalue weighted by molar-refractivity contribution is 8.03. The molecule has 0 heterocycles. The van der Waals surface area contributed by atoms with Crippen molar-refractivity contribution >= 4 is 11.8 Å². The molecule has 1 unspecified atom stereocenters. The van der Waals surface area contributed by atoms with Gasteiger partial charge in [-0.2, -0.15) is 0 Å². The lowest BCUT2D eigenvalue weighted by molar-refractivity contribution is 0.819.